The molecule has 0 aliphatic rings. The molecular formula is C9H19ClN2O. The van der Waals surface area contributed by atoms with Crippen molar-refractivity contribution in [3.63, 3.8) is 0 Å². The maximum absolute atomic E-state index is 11.0. The van der Waals surface area contributed by atoms with E-state index in [0.29, 0.717) is 12.1 Å². The van der Waals surface area contributed by atoms with Gasteiger partial charge in [-0.2, -0.15) is 0 Å². The lowest BCUT2D eigenvalue weighted by atomic mass is 10.0. The van der Waals surface area contributed by atoms with E-state index in [1.807, 2.05) is 13.8 Å². The number of hydrogen-bond acceptors (Lipinski definition) is 2. The van der Waals surface area contributed by atoms with Crippen LogP contribution in [0, 0.1) is 0 Å². The first-order chi connectivity index (χ1) is 5.33. The molecule has 0 aromatic heterocycles. The van der Waals surface area contributed by atoms with Crippen LogP contribution in [0.15, 0.2) is 12.2 Å². The number of carbonyl (C=O) groups is 1. The zero-order valence-corrected chi connectivity index (χ0v) is 9.33. The average molecular weight is 207 g/mol. The van der Waals surface area contributed by atoms with Crippen LogP contribution < -0.4 is 11.1 Å². The molecule has 0 fully saturated rings. The summed E-state index contributed by atoms with van der Waals surface area (Å²) in [6, 6.07) is 0. The summed E-state index contributed by atoms with van der Waals surface area (Å²) in [7, 11) is 0. The van der Waals surface area contributed by atoms with Crippen LogP contribution in [0.25, 0.3) is 0 Å². The van der Waals surface area contributed by atoms with Gasteiger partial charge in [-0.15, -0.1) is 12.4 Å². The first-order valence-electron chi connectivity index (χ1n) is 4.05. The van der Waals surface area contributed by atoms with Gasteiger partial charge in [0.25, 0.3) is 0 Å². The van der Waals surface area contributed by atoms with Crippen molar-refractivity contribution in [2.45, 2.75) is 32.7 Å². The second-order valence-electron chi connectivity index (χ2n) is 3.77. The van der Waals surface area contributed by atoms with Gasteiger partial charge in [-0.3, -0.25) is 4.79 Å². The average Bonchev–Trinajstić information content (AvgIpc) is 1.84. The molecule has 0 rings (SSSR count). The first kappa shape index (κ1) is 15.0. The third kappa shape index (κ3) is 9.37. The van der Waals surface area contributed by atoms with E-state index in [0.717, 1.165) is 6.42 Å². The van der Waals surface area contributed by atoms with Crippen molar-refractivity contribution in [3.8, 4) is 0 Å². The van der Waals surface area contributed by atoms with Crippen LogP contribution in [0.5, 0.6) is 0 Å². The summed E-state index contributed by atoms with van der Waals surface area (Å²) in [5.74, 6) is -0.0979. The molecule has 3 N–H and O–H groups in total. The summed E-state index contributed by atoms with van der Waals surface area (Å²) < 4.78 is 0. The maximum Gasteiger partial charge on any atom is 0.246 e. The normalized spacial score (nSPS) is 10.2. The molecular weight excluding hydrogens is 188 g/mol. The Labute approximate surface area is 86.2 Å². The van der Waals surface area contributed by atoms with Crippen molar-refractivity contribution in [2.75, 3.05) is 6.54 Å². The SMILES string of the molecule is C=C(C)C(=O)NCCC(C)(C)N.Cl. The molecule has 0 radical (unpaired) electrons. The Hall–Kier alpha value is -0.540. The third-order valence-electron chi connectivity index (χ3n) is 1.44. The molecule has 0 unspecified atom stereocenters. The van der Waals surface area contributed by atoms with Crippen LogP contribution in [0.3, 0.4) is 0 Å². The highest BCUT2D eigenvalue weighted by molar-refractivity contribution is 5.92. The highest BCUT2D eigenvalue weighted by Crippen LogP contribution is 2.01. The van der Waals surface area contributed by atoms with Crippen LogP contribution in [0.4, 0.5) is 0 Å². The monoisotopic (exact) mass is 206 g/mol. The lowest BCUT2D eigenvalue weighted by molar-refractivity contribution is -0.117. The molecule has 0 aromatic carbocycles. The van der Waals surface area contributed by atoms with Crippen molar-refractivity contribution in [3.05, 3.63) is 12.2 Å². The smallest absolute Gasteiger partial charge is 0.246 e. The highest BCUT2D eigenvalue weighted by atomic mass is 35.5. The number of halogens is 1. The summed E-state index contributed by atoms with van der Waals surface area (Å²) in [5, 5.41) is 2.72. The van der Waals surface area contributed by atoms with E-state index in [1.165, 1.54) is 0 Å². The Balaban J connectivity index is 0. The lowest BCUT2D eigenvalue weighted by Crippen LogP contribution is -2.37. The maximum atomic E-state index is 11.0. The van der Waals surface area contributed by atoms with Gasteiger partial charge in [0.2, 0.25) is 5.91 Å². The van der Waals surface area contributed by atoms with Gasteiger partial charge < -0.3 is 11.1 Å². The van der Waals surface area contributed by atoms with E-state index in [-0.39, 0.29) is 23.9 Å². The third-order valence-corrected chi connectivity index (χ3v) is 1.44. The van der Waals surface area contributed by atoms with Gasteiger partial charge in [0, 0.05) is 17.7 Å². The molecule has 0 spiro atoms. The topological polar surface area (TPSA) is 55.1 Å². The van der Waals surface area contributed by atoms with Gasteiger partial charge >= 0.3 is 0 Å². The standard InChI is InChI=1S/C9H18N2O.ClH/c1-7(2)8(12)11-6-5-9(3,4)10;/h1,5-6,10H2,2-4H3,(H,11,12);1H. The van der Waals surface area contributed by atoms with Crippen molar-refractivity contribution in [2.24, 2.45) is 5.73 Å². The van der Waals surface area contributed by atoms with Crippen molar-refractivity contribution < 1.29 is 4.79 Å². The van der Waals surface area contributed by atoms with Crippen LogP contribution >= 0.6 is 12.4 Å². The molecule has 0 saturated heterocycles. The Bertz CT molecular complexity index is 185. The number of rotatable bonds is 4. The zero-order valence-electron chi connectivity index (χ0n) is 8.52. The van der Waals surface area contributed by atoms with Gasteiger partial charge in [0.15, 0.2) is 0 Å². The summed E-state index contributed by atoms with van der Waals surface area (Å²) in [5.41, 5.74) is 6.04. The molecule has 0 saturated carbocycles. The van der Waals surface area contributed by atoms with Crippen LogP contribution in [0.1, 0.15) is 27.2 Å². The molecule has 13 heavy (non-hydrogen) atoms. The summed E-state index contributed by atoms with van der Waals surface area (Å²) in [6.45, 7) is 9.68. The minimum atomic E-state index is -0.220. The number of nitrogens with one attached hydrogen (secondary N) is 1. The second-order valence-corrected chi connectivity index (χ2v) is 3.77. The minimum Gasteiger partial charge on any atom is -0.352 e. The summed E-state index contributed by atoms with van der Waals surface area (Å²) >= 11 is 0. The van der Waals surface area contributed by atoms with Crippen molar-refractivity contribution in [1.29, 1.82) is 0 Å². The van der Waals surface area contributed by atoms with E-state index in [2.05, 4.69) is 11.9 Å². The fraction of sp³-hybridized carbons (Fsp3) is 0.667. The van der Waals surface area contributed by atoms with Crippen LogP contribution in [0.2, 0.25) is 0 Å². The van der Waals surface area contributed by atoms with E-state index in [1.54, 1.807) is 6.92 Å². The fourth-order valence-electron chi connectivity index (χ4n) is 0.649. The second kappa shape index (κ2) is 6.00. The quantitative estimate of drug-likeness (QED) is 0.680. The van der Waals surface area contributed by atoms with Gasteiger partial charge in [-0.05, 0) is 27.2 Å². The van der Waals surface area contributed by atoms with Gasteiger partial charge in [0.05, 0.1) is 0 Å². The Kier molecular flexibility index (Phi) is 6.90. The predicted molar refractivity (Wildman–Crippen MR) is 58.0 cm³/mol. The summed E-state index contributed by atoms with van der Waals surface area (Å²) in [6.07, 6.45) is 0.770. The largest absolute Gasteiger partial charge is 0.352 e. The molecule has 78 valence electrons. The van der Waals surface area contributed by atoms with Gasteiger partial charge in [-0.25, -0.2) is 0 Å². The van der Waals surface area contributed by atoms with Gasteiger partial charge in [0.1, 0.15) is 0 Å². The van der Waals surface area contributed by atoms with Crippen LogP contribution in [-0.4, -0.2) is 18.0 Å². The van der Waals surface area contributed by atoms with Gasteiger partial charge in [-0.1, -0.05) is 6.58 Å². The molecule has 0 aromatic rings. The van der Waals surface area contributed by atoms with E-state index < -0.39 is 0 Å². The molecule has 0 bridgehead atoms. The minimum absolute atomic E-state index is 0. The first-order valence-corrected chi connectivity index (χ1v) is 4.05. The molecule has 1 amide bonds. The highest BCUT2D eigenvalue weighted by Gasteiger charge is 2.10. The van der Waals surface area contributed by atoms with E-state index in [4.69, 9.17) is 5.73 Å². The van der Waals surface area contributed by atoms with Crippen molar-refractivity contribution >= 4 is 18.3 Å². The molecule has 0 aliphatic carbocycles. The van der Waals surface area contributed by atoms with Crippen molar-refractivity contribution in [1.82, 2.24) is 5.32 Å². The number of amides is 1. The molecule has 3 nitrogen and oxygen atoms in total. The number of hydrogen-bond donors (Lipinski definition) is 2. The molecule has 4 heteroatoms. The van der Waals surface area contributed by atoms with Crippen LogP contribution in [-0.2, 0) is 4.79 Å². The number of carbonyl (C=O) groups excluding carboxylic acids is 1. The fourth-order valence-corrected chi connectivity index (χ4v) is 0.649. The Morgan fingerprint density at radius 3 is 2.31 bits per heavy atom. The molecule has 0 aliphatic heterocycles. The lowest BCUT2D eigenvalue weighted by Gasteiger charge is -2.18. The molecule has 0 heterocycles. The zero-order chi connectivity index (χ0) is 9.78. The van der Waals surface area contributed by atoms with E-state index in [9.17, 15) is 4.79 Å². The Morgan fingerprint density at radius 2 is 2.00 bits per heavy atom. The molecule has 0 atom stereocenters. The van der Waals surface area contributed by atoms with E-state index >= 15 is 0 Å². The Morgan fingerprint density at radius 1 is 1.54 bits per heavy atom. The predicted octanol–water partition coefficient (Wildman–Crippen LogP) is 1.23. The summed E-state index contributed by atoms with van der Waals surface area (Å²) in [4.78, 5) is 11.0. The number of nitrogens with two attached hydrogens (primary N) is 1.